The Morgan fingerprint density at radius 2 is 1.79 bits per heavy atom. The number of carboxylic acids is 1. The van der Waals surface area contributed by atoms with Crippen LogP contribution in [0.5, 0.6) is 0 Å². The van der Waals surface area contributed by atoms with Crippen molar-refractivity contribution < 1.29 is 14.7 Å². The van der Waals surface area contributed by atoms with Gasteiger partial charge in [-0.05, 0) is 12.5 Å². The molecule has 1 aromatic rings. The second kappa shape index (κ2) is 6.92. The Bertz CT molecular complexity index is 430. The van der Waals surface area contributed by atoms with Crippen LogP contribution in [-0.4, -0.2) is 28.4 Å². The van der Waals surface area contributed by atoms with Crippen molar-refractivity contribution in [3.05, 3.63) is 35.9 Å². The van der Waals surface area contributed by atoms with E-state index >= 15 is 0 Å². The highest BCUT2D eigenvalue weighted by atomic mass is 16.4. The molecule has 0 aromatic heterocycles. The summed E-state index contributed by atoms with van der Waals surface area (Å²) < 4.78 is 0. The molecule has 0 saturated heterocycles. The van der Waals surface area contributed by atoms with E-state index in [4.69, 9.17) is 5.11 Å². The molecule has 4 heteroatoms. The topological polar surface area (TPSA) is 57.6 Å². The highest BCUT2D eigenvalue weighted by Crippen LogP contribution is 2.22. The van der Waals surface area contributed by atoms with E-state index in [0.717, 1.165) is 5.56 Å². The molecule has 0 aliphatic rings. The van der Waals surface area contributed by atoms with Crippen LogP contribution in [0.3, 0.4) is 0 Å². The third-order valence-corrected chi connectivity index (χ3v) is 3.26. The zero-order valence-corrected chi connectivity index (χ0v) is 11.7. The average Bonchev–Trinajstić information content (AvgIpc) is 2.43. The smallest absolute Gasteiger partial charge is 0.308 e. The molecule has 0 fully saturated rings. The van der Waals surface area contributed by atoms with Gasteiger partial charge in [0.1, 0.15) is 0 Å². The van der Waals surface area contributed by atoms with E-state index in [9.17, 15) is 9.59 Å². The van der Waals surface area contributed by atoms with Crippen LogP contribution in [0.2, 0.25) is 0 Å². The summed E-state index contributed by atoms with van der Waals surface area (Å²) in [6, 6.07) is 9.54. The number of amides is 1. The third-order valence-electron chi connectivity index (χ3n) is 3.26. The van der Waals surface area contributed by atoms with E-state index < -0.39 is 11.9 Å². The summed E-state index contributed by atoms with van der Waals surface area (Å²) in [7, 11) is 0. The van der Waals surface area contributed by atoms with Crippen LogP contribution >= 0.6 is 0 Å². The van der Waals surface area contributed by atoms with Crippen LogP contribution in [0.1, 0.15) is 38.8 Å². The van der Waals surface area contributed by atoms with E-state index in [1.54, 1.807) is 18.7 Å². The van der Waals surface area contributed by atoms with Crippen LogP contribution in [-0.2, 0) is 9.59 Å². The fourth-order valence-corrected chi connectivity index (χ4v) is 1.96. The molecule has 1 rings (SSSR count). The predicted octanol–water partition coefficient (Wildman–Crippen LogP) is 2.71. The maximum Gasteiger partial charge on any atom is 0.308 e. The van der Waals surface area contributed by atoms with Crippen molar-refractivity contribution in [2.75, 3.05) is 6.54 Å². The lowest BCUT2D eigenvalue weighted by Gasteiger charge is -2.31. The van der Waals surface area contributed by atoms with Gasteiger partial charge in [-0.25, -0.2) is 0 Å². The van der Waals surface area contributed by atoms with Gasteiger partial charge in [0.15, 0.2) is 0 Å². The van der Waals surface area contributed by atoms with E-state index in [1.807, 2.05) is 37.3 Å². The van der Waals surface area contributed by atoms with Crippen molar-refractivity contribution in [3.8, 4) is 0 Å². The summed E-state index contributed by atoms with van der Waals surface area (Å²) in [4.78, 5) is 24.6. The predicted molar refractivity (Wildman–Crippen MR) is 73.7 cm³/mol. The Morgan fingerprint density at radius 1 is 1.21 bits per heavy atom. The van der Waals surface area contributed by atoms with E-state index in [-0.39, 0.29) is 18.5 Å². The minimum atomic E-state index is -0.880. The monoisotopic (exact) mass is 263 g/mol. The summed E-state index contributed by atoms with van der Waals surface area (Å²) in [5, 5.41) is 9.00. The second-order valence-corrected chi connectivity index (χ2v) is 4.73. The van der Waals surface area contributed by atoms with Gasteiger partial charge in [-0.1, -0.05) is 44.2 Å². The van der Waals surface area contributed by atoms with Crippen LogP contribution in [0, 0.1) is 5.92 Å². The Balaban J connectivity index is 2.91. The molecule has 1 amide bonds. The van der Waals surface area contributed by atoms with Crippen LogP contribution in [0.15, 0.2) is 30.3 Å². The van der Waals surface area contributed by atoms with Gasteiger partial charge in [-0.15, -0.1) is 0 Å². The Labute approximate surface area is 114 Å². The van der Waals surface area contributed by atoms with Gasteiger partial charge >= 0.3 is 5.97 Å². The van der Waals surface area contributed by atoms with Gasteiger partial charge in [-0.3, -0.25) is 9.59 Å². The first kappa shape index (κ1) is 15.2. The standard InChI is InChI=1S/C15H21NO3/c1-4-14(17)16(10-11(2)15(18)19)12(3)13-8-6-5-7-9-13/h5-9,11-12H,4,10H2,1-3H3,(H,18,19). The number of rotatable bonds is 6. The number of hydrogen-bond donors (Lipinski definition) is 1. The number of carbonyl (C=O) groups is 2. The molecular weight excluding hydrogens is 242 g/mol. The molecule has 0 bridgehead atoms. The minimum absolute atomic E-state index is 0.0237. The third kappa shape index (κ3) is 4.09. The Kier molecular flexibility index (Phi) is 5.55. The molecule has 104 valence electrons. The minimum Gasteiger partial charge on any atom is -0.481 e. The van der Waals surface area contributed by atoms with Gasteiger partial charge in [0, 0.05) is 13.0 Å². The largest absolute Gasteiger partial charge is 0.481 e. The molecule has 4 nitrogen and oxygen atoms in total. The molecule has 0 aliphatic carbocycles. The lowest BCUT2D eigenvalue weighted by Crippen LogP contribution is -2.38. The SMILES string of the molecule is CCC(=O)N(CC(C)C(=O)O)C(C)c1ccccc1. The van der Waals surface area contributed by atoms with Gasteiger partial charge in [0.05, 0.1) is 12.0 Å². The molecule has 0 radical (unpaired) electrons. The lowest BCUT2D eigenvalue weighted by molar-refractivity contribution is -0.143. The zero-order valence-electron chi connectivity index (χ0n) is 11.7. The van der Waals surface area contributed by atoms with Crippen molar-refractivity contribution in [3.63, 3.8) is 0 Å². The lowest BCUT2D eigenvalue weighted by atomic mass is 10.0. The first-order chi connectivity index (χ1) is 8.97. The van der Waals surface area contributed by atoms with Gasteiger partial charge in [0.2, 0.25) is 5.91 Å². The maximum atomic E-state index is 12.0. The summed E-state index contributed by atoms with van der Waals surface area (Å²) in [6.45, 7) is 5.57. The molecule has 0 aliphatic heterocycles. The van der Waals surface area contributed by atoms with Crippen molar-refractivity contribution in [1.29, 1.82) is 0 Å². The van der Waals surface area contributed by atoms with Crippen molar-refractivity contribution >= 4 is 11.9 Å². The van der Waals surface area contributed by atoms with Crippen molar-refractivity contribution in [1.82, 2.24) is 4.90 Å². The summed E-state index contributed by atoms with van der Waals surface area (Å²) in [5.74, 6) is -1.47. The molecule has 1 N–H and O–H groups in total. The first-order valence-electron chi connectivity index (χ1n) is 6.54. The fraction of sp³-hybridized carbons (Fsp3) is 0.467. The molecular formula is C15H21NO3. The quantitative estimate of drug-likeness (QED) is 0.858. The number of aliphatic carboxylic acids is 1. The summed E-state index contributed by atoms with van der Waals surface area (Å²) in [5.41, 5.74) is 1.02. The van der Waals surface area contributed by atoms with Crippen LogP contribution in [0.25, 0.3) is 0 Å². The van der Waals surface area contributed by atoms with Crippen molar-refractivity contribution in [2.24, 2.45) is 5.92 Å². The molecule has 19 heavy (non-hydrogen) atoms. The van der Waals surface area contributed by atoms with Crippen LogP contribution < -0.4 is 0 Å². The van der Waals surface area contributed by atoms with Gasteiger partial charge in [0.25, 0.3) is 0 Å². The molecule has 1 aromatic carbocycles. The van der Waals surface area contributed by atoms with Crippen LogP contribution in [0.4, 0.5) is 0 Å². The average molecular weight is 263 g/mol. The Morgan fingerprint density at radius 3 is 2.26 bits per heavy atom. The molecule has 0 saturated carbocycles. The number of carboxylic acid groups (broad SMARTS) is 1. The zero-order chi connectivity index (χ0) is 14.4. The van der Waals surface area contributed by atoms with Crippen molar-refractivity contribution in [2.45, 2.75) is 33.2 Å². The number of nitrogens with zero attached hydrogens (tertiary/aromatic N) is 1. The van der Waals surface area contributed by atoms with Gasteiger partial charge < -0.3 is 10.0 Å². The van der Waals surface area contributed by atoms with E-state index in [0.29, 0.717) is 6.42 Å². The maximum absolute atomic E-state index is 12.0. The number of hydrogen-bond acceptors (Lipinski definition) is 2. The number of benzene rings is 1. The highest BCUT2D eigenvalue weighted by Gasteiger charge is 2.24. The molecule has 0 spiro atoms. The highest BCUT2D eigenvalue weighted by molar-refractivity contribution is 5.77. The summed E-state index contributed by atoms with van der Waals surface area (Å²) in [6.07, 6.45) is 0.378. The fourth-order valence-electron chi connectivity index (χ4n) is 1.96. The van der Waals surface area contributed by atoms with Gasteiger partial charge in [-0.2, -0.15) is 0 Å². The molecule has 2 unspecified atom stereocenters. The van der Waals surface area contributed by atoms with E-state index in [2.05, 4.69) is 0 Å². The first-order valence-corrected chi connectivity index (χ1v) is 6.54. The Hall–Kier alpha value is -1.84. The second-order valence-electron chi connectivity index (χ2n) is 4.73. The molecule has 2 atom stereocenters. The summed E-state index contributed by atoms with van der Waals surface area (Å²) >= 11 is 0. The van der Waals surface area contributed by atoms with E-state index in [1.165, 1.54) is 0 Å². The number of carbonyl (C=O) groups excluding carboxylic acids is 1. The molecule has 0 heterocycles. The normalized spacial score (nSPS) is 13.6.